The van der Waals surface area contributed by atoms with Gasteiger partial charge in [0.2, 0.25) is 0 Å². The number of benzene rings is 1. The molecule has 0 heterocycles. The van der Waals surface area contributed by atoms with Gasteiger partial charge in [0.15, 0.2) is 0 Å². The number of carbonyl (C=O) groups excluding carboxylic acids is 1. The summed E-state index contributed by atoms with van der Waals surface area (Å²) in [6.45, 7) is 1.58. The number of phosphoric ester groups is 2. The Morgan fingerprint density at radius 3 is 1.88 bits per heavy atom. The van der Waals surface area contributed by atoms with E-state index in [9.17, 15) is 33.5 Å². The second-order valence-corrected chi connectivity index (χ2v) is 5.98. The van der Waals surface area contributed by atoms with Crippen LogP contribution >= 0.6 is 15.6 Å². The molecule has 1 aromatic rings. The van der Waals surface area contributed by atoms with Crippen molar-refractivity contribution < 1.29 is 166 Å². The molecule has 0 amide bonds. The van der Waals surface area contributed by atoms with E-state index in [-0.39, 0.29) is 130 Å². The summed E-state index contributed by atoms with van der Waals surface area (Å²) < 4.78 is 34.0. The number of ether oxygens (including phenoxy) is 1. The van der Waals surface area contributed by atoms with Crippen LogP contribution in [-0.4, -0.2) is 12.6 Å². The van der Waals surface area contributed by atoms with Crippen LogP contribution in [0.4, 0.5) is 0 Å². The molecule has 0 saturated heterocycles. The van der Waals surface area contributed by atoms with Crippen molar-refractivity contribution >= 4 is 21.6 Å². The zero-order chi connectivity index (χ0) is 17.0. The van der Waals surface area contributed by atoms with E-state index in [1.807, 2.05) is 0 Å². The summed E-state index contributed by atoms with van der Waals surface area (Å²) in [4.78, 5) is 53.7. The summed E-state index contributed by atoms with van der Waals surface area (Å²) in [5, 5.41) is 0. The predicted molar refractivity (Wildman–Crippen MR) is 63.2 cm³/mol. The first-order valence-corrected chi connectivity index (χ1v) is 8.64. The van der Waals surface area contributed by atoms with Gasteiger partial charge in [-0.25, -0.2) is 0 Å². The average molecular weight is 444 g/mol. The molecule has 0 saturated carbocycles. The van der Waals surface area contributed by atoms with E-state index in [0.717, 1.165) is 18.2 Å². The van der Waals surface area contributed by atoms with Crippen LogP contribution in [0.2, 0.25) is 0 Å². The monoisotopic (exact) mass is 444 g/mol. The molecule has 0 unspecified atom stereocenters. The van der Waals surface area contributed by atoms with Crippen LogP contribution in [0.15, 0.2) is 18.2 Å². The molecule has 0 aliphatic rings. The van der Waals surface area contributed by atoms with Gasteiger partial charge in [-0.05, 0) is 25.1 Å². The van der Waals surface area contributed by atoms with Crippen molar-refractivity contribution in [1.82, 2.24) is 0 Å². The molecule has 0 atom stereocenters. The van der Waals surface area contributed by atoms with Gasteiger partial charge in [0, 0.05) is 5.56 Å². The van der Waals surface area contributed by atoms with Crippen LogP contribution in [0.1, 0.15) is 12.5 Å². The Bertz CT molecular complexity index is 647. The number of rotatable bonds is 7. The van der Waals surface area contributed by atoms with Crippen molar-refractivity contribution in [3.63, 3.8) is 0 Å². The Hall–Kier alpha value is 2.59. The summed E-state index contributed by atoms with van der Waals surface area (Å²) in [5.74, 6) is -1.75. The third kappa shape index (κ3) is 16.4. The molecule has 0 N–H and O–H groups in total. The molecule has 0 bridgehead atoms. The molecule has 16 heteroatoms. The van der Waals surface area contributed by atoms with E-state index < -0.39 is 39.5 Å². The Kier molecular flexibility index (Phi) is 22.6. The summed E-state index contributed by atoms with van der Waals surface area (Å²) in [6, 6.07) is 2.65. The van der Waals surface area contributed by atoms with Crippen molar-refractivity contribution in [3.05, 3.63) is 23.8 Å². The smallest absolute Gasteiger partial charge is 0.780 e. The van der Waals surface area contributed by atoms with E-state index in [4.69, 9.17) is 0 Å². The van der Waals surface area contributed by atoms with Crippen LogP contribution in [-0.2, 0) is 25.1 Å². The van der Waals surface area contributed by atoms with Gasteiger partial charge in [-0.15, -0.1) is 0 Å². The molecule has 0 radical (unpaired) electrons. The Morgan fingerprint density at radius 1 is 0.962 bits per heavy atom. The Labute approximate surface area is 238 Å². The van der Waals surface area contributed by atoms with E-state index in [1.54, 1.807) is 0 Å². The maximum absolute atomic E-state index is 11.4. The minimum atomic E-state index is -5.40. The van der Waals surface area contributed by atoms with E-state index in [1.165, 1.54) is 6.92 Å². The first-order chi connectivity index (χ1) is 10.00. The fourth-order valence-corrected chi connectivity index (χ4v) is 2.25. The van der Waals surface area contributed by atoms with Gasteiger partial charge < -0.3 is 42.5 Å². The van der Waals surface area contributed by atoms with Crippen molar-refractivity contribution in [2.45, 2.75) is 13.3 Å². The third-order valence-corrected chi connectivity index (χ3v) is 2.95. The number of carbonyl (C=O) groups is 1. The molecule has 0 spiro atoms. The van der Waals surface area contributed by atoms with Crippen LogP contribution in [0, 0.1) is 0 Å². The minimum absolute atomic E-state index is 0. The summed E-state index contributed by atoms with van der Waals surface area (Å²) >= 11 is 0. The number of hydrogen-bond donors (Lipinski definition) is 0. The van der Waals surface area contributed by atoms with Gasteiger partial charge in [-0.1, -0.05) is 0 Å². The maximum atomic E-state index is 11.4. The van der Waals surface area contributed by atoms with Gasteiger partial charge >= 0.3 is 124 Å². The van der Waals surface area contributed by atoms with E-state index >= 15 is 0 Å². The average Bonchev–Trinajstić information content (AvgIpc) is 2.29. The molecular weight excluding hydrogens is 434 g/mol. The molecule has 124 valence electrons. The Balaban J connectivity index is -0.000000605. The van der Waals surface area contributed by atoms with Crippen LogP contribution in [0.3, 0.4) is 0 Å². The zero-order valence-corrected chi connectivity index (χ0v) is 24.9. The molecule has 1 aromatic carbocycles. The van der Waals surface area contributed by atoms with Crippen LogP contribution in [0.5, 0.6) is 11.5 Å². The maximum Gasteiger partial charge on any atom is 1.00 e. The fourth-order valence-electron chi connectivity index (χ4n) is 1.46. The number of hydrogen-bond acceptors (Lipinski definition) is 10. The summed E-state index contributed by atoms with van der Waals surface area (Å²) in [6.07, 6.45) is -0.525. The van der Waals surface area contributed by atoms with Crippen molar-refractivity contribution in [2.24, 2.45) is 0 Å². The van der Waals surface area contributed by atoms with Crippen LogP contribution in [0.25, 0.3) is 0 Å². The van der Waals surface area contributed by atoms with Gasteiger partial charge in [-0.2, -0.15) is 0 Å². The van der Waals surface area contributed by atoms with Gasteiger partial charge in [-0.3, -0.25) is 4.79 Å². The second kappa shape index (κ2) is 16.3. The molecule has 0 aliphatic heterocycles. The quantitative estimate of drug-likeness (QED) is 0.223. The van der Waals surface area contributed by atoms with Crippen molar-refractivity contribution in [2.75, 3.05) is 6.61 Å². The zero-order valence-electron chi connectivity index (χ0n) is 15.1. The summed E-state index contributed by atoms with van der Waals surface area (Å²) in [5.41, 5.74) is -0.198. The first-order valence-electron chi connectivity index (χ1n) is 5.72. The minimum Gasteiger partial charge on any atom is -0.780 e. The largest absolute Gasteiger partial charge is 1.00 e. The standard InChI is InChI=1S/C10H14O10P2.4Na/c1-2-18-10(11)6-7-5-8(19-21(12,13)14)3-4-9(7)20-22(15,16)17;;;;/h3-5H,2,6H2,1H3,(H2,12,13,14)(H2,15,16,17);;;;/q;4*+1/p-4. The van der Waals surface area contributed by atoms with E-state index in [0.29, 0.717) is 0 Å². The molecule has 0 aromatic heterocycles. The van der Waals surface area contributed by atoms with Gasteiger partial charge in [0.1, 0.15) is 27.1 Å². The third-order valence-electron chi connectivity index (χ3n) is 2.10. The first kappa shape index (κ1) is 36.0. The fraction of sp³-hybridized carbons (Fsp3) is 0.300. The second-order valence-electron chi connectivity index (χ2n) is 3.83. The predicted octanol–water partition coefficient (Wildman–Crippen LogP) is -13.8. The van der Waals surface area contributed by atoms with Gasteiger partial charge in [0.25, 0.3) is 0 Å². The van der Waals surface area contributed by atoms with Crippen molar-refractivity contribution in [1.29, 1.82) is 0 Å². The Morgan fingerprint density at radius 2 is 1.46 bits per heavy atom. The van der Waals surface area contributed by atoms with Crippen LogP contribution < -0.4 is 147 Å². The topological polar surface area (TPSA) is 171 Å². The summed E-state index contributed by atoms with van der Waals surface area (Å²) in [7, 11) is -10.7. The van der Waals surface area contributed by atoms with E-state index in [2.05, 4.69) is 13.8 Å². The molecule has 26 heavy (non-hydrogen) atoms. The molecule has 0 aliphatic carbocycles. The molecular formula is C10H10Na4O10P2. The number of esters is 1. The van der Waals surface area contributed by atoms with Gasteiger partial charge in [0.05, 0.1) is 13.0 Å². The molecule has 1 rings (SSSR count). The SMILES string of the molecule is CCOC(=O)Cc1cc(OP(=O)([O-])[O-])ccc1OP(=O)([O-])[O-].[Na+].[Na+].[Na+].[Na+]. The normalized spacial score (nSPS) is 10.0. The molecule has 10 nitrogen and oxygen atoms in total. The van der Waals surface area contributed by atoms with Crippen molar-refractivity contribution in [3.8, 4) is 11.5 Å². The molecule has 0 fully saturated rings. The number of phosphoric acid groups is 2.